The summed E-state index contributed by atoms with van der Waals surface area (Å²) in [6.45, 7) is 2.47. The van der Waals surface area contributed by atoms with Crippen molar-refractivity contribution in [3.8, 4) is 17.6 Å². The third kappa shape index (κ3) is 5.92. The highest BCUT2D eigenvalue weighted by atomic mass is 16.6. The van der Waals surface area contributed by atoms with Gasteiger partial charge in [0, 0.05) is 19.5 Å². The normalized spacial score (nSPS) is 12.7. The number of hydrogen-bond acceptors (Lipinski definition) is 7. The predicted molar refractivity (Wildman–Crippen MR) is 127 cm³/mol. The third-order valence-electron chi connectivity index (χ3n) is 5.26. The summed E-state index contributed by atoms with van der Waals surface area (Å²) in [7, 11) is 1.40. The zero-order chi connectivity index (χ0) is 25.4. The smallest absolute Gasteiger partial charge is 0.311 e. The van der Waals surface area contributed by atoms with Gasteiger partial charge in [0.2, 0.25) is 0 Å². The van der Waals surface area contributed by atoms with Crippen molar-refractivity contribution in [2.75, 3.05) is 20.2 Å². The van der Waals surface area contributed by atoms with E-state index >= 15 is 0 Å². The van der Waals surface area contributed by atoms with Crippen LogP contribution in [0.5, 0.6) is 11.5 Å². The second-order valence-corrected chi connectivity index (χ2v) is 7.72. The molecule has 0 unspecified atom stereocenters. The van der Waals surface area contributed by atoms with E-state index < -0.39 is 11.9 Å². The molecule has 0 fully saturated rings. The molecule has 9 heteroatoms. The molecule has 0 atom stereocenters. The van der Waals surface area contributed by atoms with Crippen LogP contribution in [0.3, 0.4) is 0 Å². The number of fused-ring (bicyclic) bond motifs is 1. The van der Waals surface area contributed by atoms with Crippen molar-refractivity contribution in [2.24, 2.45) is 0 Å². The maximum atomic E-state index is 12.4. The summed E-state index contributed by atoms with van der Waals surface area (Å²) in [5.74, 6) is -1.35. The molecule has 2 aromatic rings. The monoisotopic (exact) mass is 475 g/mol. The van der Waals surface area contributed by atoms with E-state index in [1.54, 1.807) is 36.4 Å². The summed E-state index contributed by atoms with van der Waals surface area (Å²) in [6, 6.07) is 13.1. The molecule has 0 saturated carbocycles. The highest BCUT2D eigenvalue weighted by Crippen LogP contribution is 2.29. The molecule has 1 heterocycles. The average molecular weight is 476 g/mol. The maximum Gasteiger partial charge on any atom is 0.311 e. The van der Waals surface area contributed by atoms with Gasteiger partial charge >= 0.3 is 5.97 Å². The molecule has 0 bridgehead atoms. The zero-order valence-electron chi connectivity index (χ0n) is 19.5. The summed E-state index contributed by atoms with van der Waals surface area (Å²) in [4.78, 5) is 50.4. The van der Waals surface area contributed by atoms with Gasteiger partial charge in [-0.1, -0.05) is 25.1 Å². The van der Waals surface area contributed by atoms with Crippen LogP contribution >= 0.6 is 0 Å². The molecule has 9 nitrogen and oxygen atoms in total. The van der Waals surface area contributed by atoms with Crippen molar-refractivity contribution in [1.82, 2.24) is 10.2 Å². The van der Waals surface area contributed by atoms with Crippen LogP contribution in [-0.4, -0.2) is 48.8 Å². The number of benzene rings is 2. The maximum absolute atomic E-state index is 12.4. The first-order chi connectivity index (χ1) is 16.9. The molecule has 1 aliphatic heterocycles. The van der Waals surface area contributed by atoms with E-state index in [9.17, 15) is 24.4 Å². The van der Waals surface area contributed by atoms with E-state index in [-0.39, 0.29) is 48.3 Å². The Kier molecular flexibility index (Phi) is 8.35. The van der Waals surface area contributed by atoms with Crippen LogP contribution in [0.4, 0.5) is 0 Å². The Morgan fingerprint density at radius 1 is 1.09 bits per heavy atom. The van der Waals surface area contributed by atoms with Crippen molar-refractivity contribution >= 4 is 29.8 Å². The Morgan fingerprint density at radius 2 is 1.77 bits per heavy atom. The van der Waals surface area contributed by atoms with Gasteiger partial charge in [0.15, 0.2) is 11.5 Å². The van der Waals surface area contributed by atoms with Gasteiger partial charge in [-0.3, -0.25) is 24.1 Å². The average Bonchev–Trinajstić information content (AvgIpc) is 3.11. The van der Waals surface area contributed by atoms with Crippen LogP contribution in [0.25, 0.3) is 6.08 Å². The van der Waals surface area contributed by atoms with Crippen LogP contribution in [0.2, 0.25) is 0 Å². The first-order valence-electron chi connectivity index (χ1n) is 11.1. The molecule has 0 aromatic heterocycles. The largest absolute Gasteiger partial charge is 0.493 e. The number of nitriles is 1. The number of carbonyl (C=O) groups is 4. The molecule has 3 amide bonds. The van der Waals surface area contributed by atoms with E-state index in [4.69, 9.17) is 9.47 Å². The topological polar surface area (TPSA) is 126 Å². The molecule has 0 spiro atoms. The summed E-state index contributed by atoms with van der Waals surface area (Å²) in [5, 5.41) is 11.9. The number of esters is 1. The molecule has 0 radical (unpaired) electrons. The van der Waals surface area contributed by atoms with Gasteiger partial charge in [0.25, 0.3) is 17.7 Å². The predicted octanol–water partition coefficient (Wildman–Crippen LogP) is 3.11. The minimum Gasteiger partial charge on any atom is -0.493 e. The van der Waals surface area contributed by atoms with E-state index in [0.29, 0.717) is 23.2 Å². The van der Waals surface area contributed by atoms with Gasteiger partial charge in [-0.15, -0.1) is 0 Å². The van der Waals surface area contributed by atoms with Crippen LogP contribution in [-0.2, 0) is 9.59 Å². The first kappa shape index (κ1) is 25.2. The number of amides is 3. The number of hydrogen-bond donors (Lipinski definition) is 1. The fraction of sp³-hybridized carbons (Fsp3) is 0.269. The molecular formula is C26H25N3O6. The van der Waals surface area contributed by atoms with Crippen molar-refractivity contribution < 1.29 is 28.7 Å². The SMILES string of the molecule is CCCNC(=O)/C(C#N)=C/c1ccc(OC(=O)CCCN2C(=O)c3ccccc3C2=O)c(OC)c1. The number of carbonyl (C=O) groups excluding carboxylic acids is 4. The molecule has 2 aromatic carbocycles. The van der Waals surface area contributed by atoms with Crippen LogP contribution in [0, 0.1) is 11.3 Å². The lowest BCUT2D eigenvalue weighted by molar-refractivity contribution is -0.134. The summed E-state index contributed by atoms with van der Waals surface area (Å²) < 4.78 is 10.7. The highest BCUT2D eigenvalue weighted by molar-refractivity contribution is 6.21. The summed E-state index contributed by atoms with van der Waals surface area (Å²) >= 11 is 0. The standard InChI is InChI=1S/C26H25N3O6/c1-3-12-28-24(31)18(16-27)14-17-10-11-21(22(15-17)34-2)35-23(30)9-6-13-29-25(32)19-7-4-5-8-20(19)26(29)33/h4-5,7-8,10-11,14-15H,3,6,9,12-13H2,1-2H3,(H,28,31)/b18-14+. The molecule has 35 heavy (non-hydrogen) atoms. The summed E-state index contributed by atoms with van der Waals surface area (Å²) in [5.41, 5.74) is 1.19. The highest BCUT2D eigenvalue weighted by Gasteiger charge is 2.34. The second kappa shape index (κ2) is 11.6. The zero-order valence-corrected chi connectivity index (χ0v) is 19.5. The number of rotatable bonds is 10. The Morgan fingerprint density at radius 3 is 2.37 bits per heavy atom. The van der Waals surface area contributed by atoms with Gasteiger partial charge in [-0.2, -0.15) is 5.26 Å². The molecule has 1 N–H and O–H groups in total. The molecule has 0 saturated heterocycles. The van der Waals surface area contributed by atoms with Crippen molar-refractivity contribution in [3.63, 3.8) is 0 Å². The van der Waals surface area contributed by atoms with Crippen LogP contribution in [0.1, 0.15) is 52.5 Å². The van der Waals surface area contributed by atoms with Gasteiger partial charge in [-0.25, -0.2) is 0 Å². The Hall–Kier alpha value is -4.45. The summed E-state index contributed by atoms with van der Waals surface area (Å²) in [6.07, 6.45) is 2.39. The van der Waals surface area contributed by atoms with E-state index in [1.165, 1.54) is 19.3 Å². The van der Waals surface area contributed by atoms with E-state index in [0.717, 1.165) is 11.3 Å². The number of ether oxygens (including phenoxy) is 2. The quantitative estimate of drug-likeness (QED) is 0.184. The molecule has 1 aliphatic rings. The van der Waals surface area contributed by atoms with E-state index in [1.807, 2.05) is 13.0 Å². The molecule has 180 valence electrons. The van der Waals surface area contributed by atoms with Crippen molar-refractivity contribution in [1.29, 1.82) is 5.26 Å². The Balaban J connectivity index is 1.59. The molecule has 3 rings (SSSR count). The van der Waals surface area contributed by atoms with Gasteiger partial charge in [0.05, 0.1) is 18.2 Å². The second-order valence-electron chi connectivity index (χ2n) is 7.72. The van der Waals surface area contributed by atoms with Gasteiger partial charge in [0.1, 0.15) is 11.6 Å². The number of nitrogens with zero attached hydrogens (tertiary/aromatic N) is 2. The third-order valence-corrected chi connectivity index (χ3v) is 5.26. The van der Waals surface area contributed by atoms with Gasteiger partial charge in [-0.05, 0) is 48.7 Å². The van der Waals surface area contributed by atoms with Crippen LogP contribution in [0.15, 0.2) is 48.0 Å². The molecular weight excluding hydrogens is 450 g/mol. The molecule has 0 aliphatic carbocycles. The number of imide groups is 1. The lowest BCUT2D eigenvalue weighted by Gasteiger charge is -2.14. The number of methoxy groups -OCH3 is 1. The minimum absolute atomic E-state index is 0.0195. The van der Waals surface area contributed by atoms with Crippen LogP contribution < -0.4 is 14.8 Å². The van der Waals surface area contributed by atoms with Crippen molar-refractivity contribution in [3.05, 3.63) is 64.7 Å². The Labute approximate surface area is 202 Å². The van der Waals surface area contributed by atoms with E-state index in [2.05, 4.69) is 5.32 Å². The van der Waals surface area contributed by atoms with Crippen molar-refractivity contribution in [2.45, 2.75) is 26.2 Å². The lowest BCUT2D eigenvalue weighted by atomic mass is 10.1. The van der Waals surface area contributed by atoms with Gasteiger partial charge < -0.3 is 14.8 Å². The fourth-order valence-corrected chi connectivity index (χ4v) is 3.50. The minimum atomic E-state index is -0.556. The number of nitrogens with one attached hydrogen (secondary N) is 1. The lowest BCUT2D eigenvalue weighted by Crippen LogP contribution is -2.31. The Bertz CT molecular complexity index is 1190. The fourth-order valence-electron chi connectivity index (χ4n) is 3.50. The first-order valence-corrected chi connectivity index (χ1v) is 11.1.